The standard InChI is InChI=1S/C15H15BrO3/c1-18-13-8-5-11(9-14(13)19-2)15(17)10-3-6-12(16)7-4-10/h3-9,15,17H,1-2H3/t15-/m0/s1. The fourth-order valence-corrected chi connectivity index (χ4v) is 2.12. The summed E-state index contributed by atoms with van der Waals surface area (Å²) in [6, 6.07) is 13.0. The van der Waals surface area contributed by atoms with Crippen molar-refractivity contribution in [3.05, 3.63) is 58.1 Å². The van der Waals surface area contributed by atoms with Gasteiger partial charge in [0.25, 0.3) is 0 Å². The van der Waals surface area contributed by atoms with Crippen molar-refractivity contribution in [3.8, 4) is 11.5 Å². The first-order chi connectivity index (χ1) is 9.15. The topological polar surface area (TPSA) is 38.7 Å². The minimum absolute atomic E-state index is 0.608. The van der Waals surface area contributed by atoms with E-state index in [0.717, 1.165) is 15.6 Å². The fraction of sp³-hybridized carbons (Fsp3) is 0.200. The highest BCUT2D eigenvalue weighted by Gasteiger charge is 2.13. The molecule has 3 nitrogen and oxygen atoms in total. The largest absolute Gasteiger partial charge is 0.493 e. The number of hydrogen-bond acceptors (Lipinski definition) is 3. The Morgan fingerprint density at radius 3 is 2.05 bits per heavy atom. The summed E-state index contributed by atoms with van der Waals surface area (Å²) in [5.41, 5.74) is 1.59. The van der Waals surface area contributed by atoms with Crippen LogP contribution in [0.4, 0.5) is 0 Å². The van der Waals surface area contributed by atoms with E-state index in [1.54, 1.807) is 26.4 Å². The van der Waals surface area contributed by atoms with Crippen molar-refractivity contribution in [1.29, 1.82) is 0 Å². The second-order valence-electron chi connectivity index (χ2n) is 4.07. The van der Waals surface area contributed by atoms with Crippen molar-refractivity contribution in [2.24, 2.45) is 0 Å². The summed E-state index contributed by atoms with van der Waals surface area (Å²) >= 11 is 3.37. The molecule has 0 radical (unpaired) electrons. The van der Waals surface area contributed by atoms with E-state index < -0.39 is 6.10 Å². The number of benzene rings is 2. The Hall–Kier alpha value is -1.52. The van der Waals surface area contributed by atoms with Gasteiger partial charge in [0.15, 0.2) is 11.5 Å². The average molecular weight is 323 g/mol. The molecule has 1 atom stereocenters. The molecule has 0 bridgehead atoms. The second-order valence-corrected chi connectivity index (χ2v) is 4.98. The smallest absolute Gasteiger partial charge is 0.161 e. The Morgan fingerprint density at radius 1 is 0.895 bits per heavy atom. The SMILES string of the molecule is COc1ccc([C@@H](O)c2ccc(Br)cc2)cc1OC. The summed E-state index contributed by atoms with van der Waals surface area (Å²) in [5.74, 6) is 1.26. The highest BCUT2D eigenvalue weighted by atomic mass is 79.9. The number of ether oxygens (including phenoxy) is 2. The van der Waals surface area contributed by atoms with Crippen LogP contribution in [-0.4, -0.2) is 19.3 Å². The number of aliphatic hydroxyl groups is 1. The summed E-state index contributed by atoms with van der Waals surface area (Å²) < 4.78 is 11.4. The van der Waals surface area contributed by atoms with Gasteiger partial charge in [-0.1, -0.05) is 34.1 Å². The molecule has 4 heteroatoms. The molecule has 2 aromatic carbocycles. The third kappa shape index (κ3) is 3.08. The Morgan fingerprint density at radius 2 is 1.47 bits per heavy atom. The predicted octanol–water partition coefficient (Wildman–Crippen LogP) is 3.55. The van der Waals surface area contributed by atoms with E-state index in [0.29, 0.717) is 11.5 Å². The van der Waals surface area contributed by atoms with E-state index in [1.807, 2.05) is 30.3 Å². The molecule has 100 valence electrons. The van der Waals surface area contributed by atoms with E-state index >= 15 is 0 Å². The van der Waals surface area contributed by atoms with Crippen LogP contribution in [0.3, 0.4) is 0 Å². The zero-order valence-corrected chi connectivity index (χ0v) is 12.3. The summed E-state index contributed by atoms with van der Waals surface area (Å²) in [6.45, 7) is 0. The van der Waals surface area contributed by atoms with Crippen molar-refractivity contribution < 1.29 is 14.6 Å². The Labute approximate surface area is 120 Å². The second kappa shape index (κ2) is 6.08. The number of aliphatic hydroxyl groups excluding tert-OH is 1. The first-order valence-corrected chi connectivity index (χ1v) is 6.60. The molecule has 0 saturated heterocycles. The Balaban J connectivity index is 2.33. The lowest BCUT2D eigenvalue weighted by molar-refractivity contribution is 0.219. The molecule has 0 unspecified atom stereocenters. The van der Waals surface area contributed by atoms with E-state index in [4.69, 9.17) is 9.47 Å². The van der Waals surface area contributed by atoms with E-state index in [1.165, 1.54) is 0 Å². The van der Waals surface area contributed by atoms with Crippen molar-refractivity contribution >= 4 is 15.9 Å². The summed E-state index contributed by atoms with van der Waals surface area (Å²) in [6.07, 6.45) is -0.687. The molecule has 0 aromatic heterocycles. The van der Waals surface area contributed by atoms with Crippen molar-refractivity contribution in [1.82, 2.24) is 0 Å². The number of methoxy groups -OCH3 is 2. The molecule has 0 saturated carbocycles. The van der Waals surface area contributed by atoms with Gasteiger partial charge in [0.2, 0.25) is 0 Å². The highest BCUT2D eigenvalue weighted by Crippen LogP contribution is 2.32. The summed E-state index contributed by atoms with van der Waals surface area (Å²) in [7, 11) is 3.16. The van der Waals surface area contributed by atoms with Gasteiger partial charge >= 0.3 is 0 Å². The van der Waals surface area contributed by atoms with Gasteiger partial charge in [-0.25, -0.2) is 0 Å². The first kappa shape index (κ1) is 13.9. The minimum Gasteiger partial charge on any atom is -0.493 e. The van der Waals surface area contributed by atoms with Crippen LogP contribution >= 0.6 is 15.9 Å². The van der Waals surface area contributed by atoms with Gasteiger partial charge in [-0.2, -0.15) is 0 Å². The number of hydrogen-bond donors (Lipinski definition) is 1. The van der Waals surface area contributed by atoms with Gasteiger partial charge < -0.3 is 14.6 Å². The zero-order chi connectivity index (χ0) is 13.8. The Kier molecular flexibility index (Phi) is 4.45. The molecule has 2 aromatic rings. The first-order valence-electron chi connectivity index (χ1n) is 5.81. The van der Waals surface area contributed by atoms with Gasteiger partial charge in [-0.15, -0.1) is 0 Å². The molecule has 0 aliphatic carbocycles. The normalized spacial score (nSPS) is 12.0. The highest BCUT2D eigenvalue weighted by molar-refractivity contribution is 9.10. The lowest BCUT2D eigenvalue weighted by atomic mass is 10.0. The lowest BCUT2D eigenvalue weighted by Crippen LogP contribution is -2.00. The van der Waals surface area contributed by atoms with Crippen LogP contribution in [-0.2, 0) is 0 Å². The third-order valence-electron chi connectivity index (χ3n) is 2.91. The van der Waals surface area contributed by atoms with Gasteiger partial charge in [-0.3, -0.25) is 0 Å². The summed E-state index contributed by atoms with van der Waals surface area (Å²) in [5, 5.41) is 10.4. The fourth-order valence-electron chi connectivity index (χ4n) is 1.86. The lowest BCUT2D eigenvalue weighted by Gasteiger charge is -2.14. The van der Waals surface area contributed by atoms with E-state index in [9.17, 15) is 5.11 Å². The van der Waals surface area contributed by atoms with Crippen LogP contribution < -0.4 is 9.47 Å². The van der Waals surface area contributed by atoms with Crippen LogP contribution in [0, 0.1) is 0 Å². The quantitative estimate of drug-likeness (QED) is 0.935. The maximum Gasteiger partial charge on any atom is 0.161 e. The molecule has 0 aliphatic rings. The minimum atomic E-state index is -0.687. The van der Waals surface area contributed by atoms with Crippen LogP contribution in [0.1, 0.15) is 17.2 Å². The zero-order valence-electron chi connectivity index (χ0n) is 10.8. The Bertz CT molecular complexity index is 552. The van der Waals surface area contributed by atoms with Crippen molar-refractivity contribution in [2.45, 2.75) is 6.10 Å². The van der Waals surface area contributed by atoms with Crippen molar-refractivity contribution in [2.75, 3.05) is 14.2 Å². The van der Waals surface area contributed by atoms with Gasteiger partial charge in [-0.05, 0) is 35.4 Å². The van der Waals surface area contributed by atoms with Crippen molar-refractivity contribution in [3.63, 3.8) is 0 Å². The molecule has 1 N–H and O–H groups in total. The van der Waals surface area contributed by atoms with E-state index in [2.05, 4.69) is 15.9 Å². The molecule has 0 amide bonds. The van der Waals surface area contributed by atoms with Crippen LogP contribution in [0.2, 0.25) is 0 Å². The summed E-state index contributed by atoms with van der Waals surface area (Å²) in [4.78, 5) is 0. The third-order valence-corrected chi connectivity index (χ3v) is 3.44. The maximum absolute atomic E-state index is 10.4. The van der Waals surface area contributed by atoms with Gasteiger partial charge in [0, 0.05) is 4.47 Å². The number of halogens is 1. The molecular weight excluding hydrogens is 308 g/mol. The average Bonchev–Trinajstić information content (AvgIpc) is 2.46. The van der Waals surface area contributed by atoms with Gasteiger partial charge in [0.1, 0.15) is 6.10 Å². The molecule has 2 rings (SSSR count). The van der Waals surface area contributed by atoms with Crippen LogP contribution in [0.25, 0.3) is 0 Å². The molecule has 0 spiro atoms. The van der Waals surface area contributed by atoms with Gasteiger partial charge in [0.05, 0.1) is 14.2 Å². The van der Waals surface area contributed by atoms with Crippen LogP contribution in [0.15, 0.2) is 46.9 Å². The monoisotopic (exact) mass is 322 g/mol. The predicted molar refractivity (Wildman–Crippen MR) is 77.7 cm³/mol. The molecule has 0 aliphatic heterocycles. The molecule has 0 heterocycles. The molecule has 19 heavy (non-hydrogen) atoms. The molecule has 0 fully saturated rings. The van der Waals surface area contributed by atoms with E-state index in [-0.39, 0.29) is 0 Å². The molecular formula is C15H15BrO3. The van der Waals surface area contributed by atoms with Crippen LogP contribution in [0.5, 0.6) is 11.5 Å². The maximum atomic E-state index is 10.4. The number of rotatable bonds is 4.